The lowest BCUT2D eigenvalue weighted by atomic mass is 9.78. The maximum atomic E-state index is 5.77. The maximum absolute atomic E-state index is 5.77. The van der Waals surface area contributed by atoms with Crippen molar-refractivity contribution in [3.63, 3.8) is 0 Å². The highest BCUT2D eigenvalue weighted by Gasteiger charge is 2.39. The molecule has 90 heavy (non-hydrogen) atoms. The van der Waals surface area contributed by atoms with Gasteiger partial charge in [-0.25, -0.2) is 0 Å². The van der Waals surface area contributed by atoms with E-state index in [1.54, 1.807) is 6.20 Å². The number of rotatable bonds is 2. The van der Waals surface area contributed by atoms with E-state index in [0.717, 1.165) is 42.3 Å². The first kappa shape index (κ1) is 89.2. The van der Waals surface area contributed by atoms with Crippen LogP contribution in [-0.2, 0) is 36.1 Å². The summed E-state index contributed by atoms with van der Waals surface area (Å²) in [6.07, 6.45) is 19.1. The second-order valence-corrected chi connectivity index (χ2v) is 29.7. The molecule has 4 fully saturated rings. The lowest BCUT2D eigenvalue weighted by Gasteiger charge is -2.51. The topological polar surface area (TPSA) is 81.4 Å². The van der Waals surface area contributed by atoms with Gasteiger partial charge in [0.05, 0.1) is 6.61 Å². The number of fused-ring (bicyclic) bond motifs is 7. The molecule has 0 amide bonds. The van der Waals surface area contributed by atoms with Gasteiger partial charge < -0.3 is 19.8 Å². The van der Waals surface area contributed by atoms with Gasteiger partial charge in [-0.3, -0.25) is 14.9 Å². The van der Waals surface area contributed by atoms with E-state index in [9.17, 15) is 0 Å². The summed E-state index contributed by atoms with van der Waals surface area (Å²) < 4.78 is 11.4. The minimum Gasteiger partial charge on any atom is -0.464 e. The molecule has 0 radical (unpaired) electrons. The molecule has 0 spiro atoms. The number of benzene rings is 4. The third-order valence-corrected chi connectivity index (χ3v) is 17.1. The molecule has 2 bridgehead atoms. The van der Waals surface area contributed by atoms with Gasteiger partial charge in [0, 0.05) is 88.2 Å². The molecule has 514 valence electrons. The highest BCUT2D eigenvalue weighted by atomic mass is 16.7. The molecule has 1 saturated carbocycles. The Hall–Kier alpha value is -4.99. The van der Waals surface area contributed by atoms with Crippen LogP contribution in [0.5, 0.6) is 5.75 Å². The van der Waals surface area contributed by atoms with E-state index in [-0.39, 0.29) is 76.5 Å². The largest absolute Gasteiger partial charge is 0.464 e. The average Bonchev–Trinajstić information content (AvgIpc) is 1.37. The molecule has 3 saturated heterocycles. The monoisotopic (exact) mass is 1250 g/mol. The lowest BCUT2D eigenvalue weighted by Crippen LogP contribution is -2.56. The van der Waals surface area contributed by atoms with E-state index >= 15 is 0 Å². The number of piperidine rings is 2. The summed E-state index contributed by atoms with van der Waals surface area (Å²) in [5.41, 5.74) is 13.8. The van der Waals surface area contributed by atoms with E-state index < -0.39 is 0 Å². The van der Waals surface area contributed by atoms with Crippen molar-refractivity contribution in [3.05, 3.63) is 160 Å². The van der Waals surface area contributed by atoms with E-state index in [1.165, 1.54) is 115 Å². The van der Waals surface area contributed by atoms with Crippen LogP contribution in [0.2, 0.25) is 0 Å². The average molecular weight is 1250 g/mol. The number of nitrogens with one attached hydrogen (secondary N) is 3. The molecular weight excluding hydrogens is 1100 g/mol. The third kappa shape index (κ3) is 26.9. The molecule has 3 N–H and O–H groups in total. The van der Waals surface area contributed by atoms with Crippen molar-refractivity contribution in [3.8, 4) is 5.75 Å². The Bertz CT molecular complexity index is 2780. The number of ether oxygens (including phenoxy) is 2. The van der Waals surface area contributed by atoms with Crippen molar-refractivity contribution in [1.29, 1.82) is 0 Å². The summed E-state index contributed by atoms with van der Waals surface area (Å²) in [6, 6.07) is 35.9. The van der Waals surface area contributed by atoms with E-state index in [4.69, 9.17) is 9.47 Å². The van der Waals surface area contributed by atoms with Crippen molar-refractivity contribution in [1.82, 2.24) is 30.3 Å². The molecule has 4 aromatic carbocycles. The van der Waals surface area contributed by atoms with E-state index in [0.29, 0.717) is 34.9 Å². The zero-order chi connectivity index (χ0) is 60.0. The molecule has 8 heteroatoms. The molecule has 8 nitrogen and oxygen atoms in total. The number of hydrogen-bond acceptors (Lipinski definition) is 6. The Balaban J connectivity index is -0.000000972. The number of nitrogens with zero attached hydrogens (tertiary/aromatic N) is 3. The third-order valence-electron chi connectivity index (χ3n) is 17.1. The summed E-state index contributed by atoms with van der Waals surface area (Å²) in [5.74, 6) is 3.22. The smallest absolute Gasteiger partial charge is 0.205 e. The summed E-state index contributed by atoms with van der Waals surface area (Å²) in [7, 11) is 0. The van der Waals surface area contributed by atoms with Crippen LogP contribution in [0.4, 0.5) is 0 Å². The predicted molar refractivity (Wildman–Crippen MR) is 405 cm³/mol. The van der Waals surface area contributed by atoms with Gasteiger partial charge in [0.25, 0.3) is 0 Å². The minimum absolute atomic E-state index is 0. The summed E-state index contributed by atoms with van der Waals surface area (Å²) in [4.78, 5) is 8.49. The van der Waals surface area contributed by atoms with Crippen LogP contribution in [0.25, 0.3) is 17.0 Å². The first-order chi connectivity index (χ1) is 38.5. The number of aromatic nitrogens is 3. The van der Waals surface area contributed by atoms with Crippen LogP contribution in [-0.4, -0.2) is 74.1 Å². The Kier molecular flexibility index (Phi) is 39.2. The maximum Gasteiger partial charge on any atom is 0.205 e. The molecular formula is C82H144N6O2. The normalized spacial score (nSPS) is 18.5. The van der Waals surface area contributed by atoms with E-state index in [2.05, 4.69) is 241 Å². The highest BCUT2D eigenvalue weighted by molar-refractivity contribution is 5.83. The second kappa shape index (κ2) is 39.5. The molecule has 5 aliphatic heterocycles. The van der Waals surface area contributed by atoms with Gasteiger partial charge in [-0.1, -0.05) is 234 Å². The van der Waals surface area contributed by atoms with Crippen LogP contribution in [0.1, 0.15) is 286 Å². The lowest BCUT2D eigenvalue weighted by molar-refractivity contribution is -0.163. The van der Waals surface area contributed by atoms with Crippen molar-refractivity contribution >= 4 is 17.0 Å². The summed E-state index contributed by atoms with van der Waals surface area (Å²) >= 11 is 0. The fraction of sp³-hybridized carbons (Fsp3) is 0.622. The number of aromatic amines is 2. The van der Waals surface area contributed by atoms with Gasteiger partial charge >= 0.3 is 0 Å². The number of H-pyrrole nitrogens is 2. The van der Waals surface area contributed by atoms with Crippen molar-refractivity contribution in [2.24, 2.45) is 16.7 Å². The molecule has 2 atom stereocenters. The summed E-state index contributed by atoms with van der Waals surface area (Å²) in [5, 5.41) is 11.6. The molecule has 2 aromatic heterocycles. The predicted octanol–water partition coefficient (Wildman–Crippen LogP) is 23.7. The number of allylic oxidation sites excluding steroid dienone is 1. The summed E-state index contributed by atoms with van der Waals surface area (Å²) in [6.45, 7) is 48.1. The van der Waals surface area contributed by atoms with Crippen LogP contribution >= 0.6 is 0 Å². The number of para-hydroxylation sites is 1. The fourth-order valence-corrected chi connectivity index (χ4v) is 11.8. The Morgan fingerprint density at radius 3 is 1.70 bits per heavy atom. The van der Waals surface area contributed by atoms with Gasteiger partial charge in [0.1, 0.15) is 5.75 Å². The van der Waals surface area contributed by atoms with E-state index in [1.807, 2.05) is 36.5 Å². The Morgan fingerprint density at radius 1 is 0.600 bits per heavy atom. The molecule has 13 rings (SSSR count). The molecule has 2 unspecified atom stereocenters. The zero-order valence-electron chi connectivity index (χ0n) is 54.9. The molecule has 2 aliphatic carbocycles. The second-order valence-electron chi connectivity index (χ2n) is 29.7. The standard InChI is InChI=1S/C13H19N.C12H16O2.C12H14.C11H21N.C11H13N.C8H17N.C7H12N2.8CH4/c1-13(2,3)14-9-8-11-6-4-5-7-12(11)10-14;1-12(2,3)11-13-8-9-6-4-5-7-10(9)14-11;1-9(2)11-7-6-10-4-3-5-12(10)8-11;1-11(2,3)12-8-9-4-6-10(12)7-5-9;1-8(2)9-4-3-5-11-10(9)6-7-12-11;1-8(2,3)7-5-4-6-9-7;1-7(2,3)6-4-5-8-9-6;;;;;;;;/h4-7H,8-10H2,1-3H3;4-7,11H,8H2,1-3H3;3,5-9H,4H2,1-2H3;9-10H,4-8H2,1-3H3;3-8,12H,1-2H3;7,9H,4-6H2,1-3H3;4-5H,1-3H3,(H,8,9);8*1H4. The fourth-order valence-electron chi connectivity index (χ4n) is 11.8. The first-order valence-electron chi connectivity index (χ1n) is 31.5. The highest BCUT2D eigenvalue weighted by Crippen LogP contribution is 2.39. The van der Waals surface area contributed by atoms with Gasteiger partial charge in [-0.05, 0) is 180 Å². The van der Waals surface area contributed by atoms with Crippen molar-refractivity contribution in [2.45, 2.75) is 302 Å². The van der Waals surface area contributed by atoms with Crippen molar-refractivity contribution in [2.75, 3.05) is 19.6 Å². The molecule has 6 aromatic rings. The zero-order valence-corrected chi connectivity index (χ0v) is 54.9. The SMILES string of the molecule is C.C.C.C.C.C.C.C.CC(C)(C)C1CCCN1.CC(C)(C)C1OCc2ccccc2O1.CC(C)(C)N1CC2CCC1CC2.CC(C)(C)N1CCc2ccccc2C1.CC(C)(C)c1ccn[nH]1.CC(C)c1ccc2c(c1)C=CC2.CC(C)c1cccc2[nH]ccc12. The molecule has 7 aliphatic rings. The van der Waals surface area contributed by atoms with Gasteiger partial charge in [0.2, 0.25) is 6.29 Å². The quantitative estimate of drug-likeness (QED) is 0.160. The van der Waals surface area contributed by atoms with Gasteiger partial charge in [-0.15, -0.1) is 0 Å². The van der Waals surface area contributed by atoms with Gasteiger partial charge in [0.15, 0.2) is 0 Å². The number of hydrogen-bond donors (Lipinski definition) is 3. The Labute approximate surface area is 558 Å². The van der Waals surface area contributed by atoms with Crippen LogP contribution in [0.3, 0.4) is 0 Å². The van der Waals surface area contributed by atoms with Crippen LogP contribution in [0, 0.1) is 16.7 Å². The van der Waals surface area contributed by atoms with Crippen molar-refractivity contribution < 1.29 is 9.47 Å². The van der Waals surface area contributed by atoms with Crippen LogP contribution in [0.15, 0.2) is 116 Å². The van der Waals surface area contributed by atoms with Gasteiger partial charge in [-0.2, -0.15) is 5.10 Å². The minimum atomic E-state index is -0.141. The molecule has 7 heterocycles. The Morgan fingerprint density at radius 2 is 1.22 bits per heavy atom. The first-order valence-corrected chi connectivity index (χ1v) is 31.5. The van der Waals surface area contributed by atoms with Crippen LogP contribution < -0.4 is 10.1 Å².